The van der Waals surface area contributed by atoms with Crippen LogP contribution in [0.5, 0.6) is 0 Å². The van der Waals surface area contributed by atoms with E-state index in [2.05, 4.69) is 11.6 Å². The van der Waals surface area contributed by atoms with Crippen LogP contribution in [0.15, 0.2) is 60.9 Å². The van der Waals surface area contributed by atoms with E-state index < -0.39 is 12.1 Å². The largest absolute Gasteiger partial charge is 0.462 e. The van der Waals surface area contributed by atoms with Crippen LogP contribution in [-0.2, 0) is 16.0 Å². The molecule has 1 aromatic carbocycles. The molecule has 114 valence electrons. The summed E-state index contributed by atoms with van der Waals surface area (Å²) in [6.07, 6.45) is 2.52. The zero-order valence-corrected chi connectivity index (χ0v) is 12.7. The molecule has 4 nitrogen and oxygen atoms in total. The number of aliphatic hydroxyl groups excluding tert-OH is 1. The molecule has 1 heterocycles. The van der Waals surface area contributed by atoms with E-state index in [0.29, 0.717) is 17.0 Å². The third kappa shape index (κ3) is 4.41. The molecule has 0 saturated carbocycles. The van der Waals surface area contributed by atoms with E-state index in [9.17, 15) is 9.90 Å². The van der Waals surface area contributed by atoms with Crippen LogP contribution in [0.3, 0.4) is 0 Å². The molecule has 0 fully saturated rings. The molecular weight excluding hydrogens is 302 g/mol. The Morgan fingerprint density at radius 3 is 2.68 bits per heavy atom. The van der Waals surface area contributed by atoms with Gasteiger partial charge in [0.05, 0.1) is 12.2 Å². The minimum Gasteiger partial charge on any atom is -0.462 e. The molecule has 0 bridgehead atoms. The Kier molecular flexibility index (Phi) is 5.69. The third-order valence-electron chi connectivity index (χ3n) is 3.13. The Balaban J connectivity index is 1.84. The highest BCUT2D eigenvalue weighted by Crippen LogP contribution is 2.20. The van der Waals surface area contributed by atoms with E-state index >= 15 is 0 Å². The molecule has 1 aromatic heterocycles. The summed E-state index contributed by atoms with van der Waals surface area (Å²) in [7, 11) is 0. The van der Waals surface area contributed by atoms with E-state index in [1.54, 1.807) is 30.5 Å². The van der Waals surface area contributed by atoms with Gasteiger partial charge in [-0.3, -0.25) is 4.98 Å². The van der Waals surface area contributed by atoms with Crippen molar-refractivity contribution < 1.29 is 14.6 Å². The number of carbonyl (C=O) groups is 1. The lowest BCUT2D eigenvalue weighted by molar-refractivity contribution is -0.140. The number of rotatable bonds is 6. The van der Waals surface area contributed by atoms with Gasteiger partial charge in [-0.15, -0.1) is 0 Å². The monoisotopic (exact) mass is 317 g/mol. The summed E-state index contributed by atoms with van der Waals surface area (Å²) in [6, 6.07) is 10.7. The molecule has 1 unspecified atom stereocenters. The maximum atomic E-state index is 11.9. The second kappa shape index (κ2) is 7.73. The van der Waals surface area contributed by atoms with Gasteiger partial charge in [0.15, 0.2) is 0 Å². The Bertz CT molecular complexity index is 641. The van der Waals surface area contributed by atoms with Gasteiger partial charge in [-0.25, -0.2) is 4.79 Å². The molecule has 0 aliphatic carbocycles. The van der Waals surface area contributed by atoms with Crippen molar-refractivity contribution in [1.29, 1.82) is 0 Å². The normalized spacial score (nSPS) is 11.7. The van der Waals surface area contributed by atoms with Crippen LogP contribution < -0.4 is 0 Å². The van der Waals surface area contributed by atoms with Gasteiger partial charge in [0.2, 0.25) is 0 Å². The van der Waals surface area contributed by atoms with Crippen LogP contribution in [0.2, 0.25) is 5.02 Å². The Morgan fingerprint density at radius 1 is 1.32 bits per heavy atom. The van der Waals surface area contributed by atoms with Gasteiger partial charge < -0.3 is 9.84 Å². The van der Waals surface area contributed by atoms with Crippen molar-refractivity contribution in [3.8, 4) is 0 Å². The maximum Gasteiger partial charge on any atom is 0.336 e. The molecule has 2 aromatic rings. The molecule has 2 rings (SSSR count). The molecule has 0 saturated heterocycles. The summed E-state index contributed by atoms with van der Waals surface area (Å²) < 4.78 is 5.13. The van der Waals surface area contributed by atoms with Gasteiger partial charge >= 0.3 is 5.97 Å². The van der Waals surface area contributed by atoms with Crippen LogP contribution in [0.4, 0.5) is 0 Å². The fourth-order valence-corrected chi connectivity index (χ4v) is 1.98. The van der Waals surface area contributed by atoms with E-state index in [0.717, 1.165) is 5.56 Å². The number of pyridine rings is 1. The number of aromatic nitrogens is 1. The number of hydrogen-bond acceptors (Lipinski definition) is 4. The molecular formula is C17H16ClNO3. The summed E-state index contributed by atoms with van der Waals surface area (Å²) in [6.45, 7) is 3.81. The molecule has 1 atom stereocenters. The predicted molar refractivity (Wildman–Crippen MR) is 84.5 cm³/mol. The molecule has 0 aliphatic heterocycles. The summed E-state index contributed by atoms with van der Waals surface area (Å²) in [5.74, 6) is -0.620. The number of ether oxygens (including phenoxy) is 1. The predicted octanol–water partition coefficient (Wildman–Crippen LogP) is 3.11. The van der Waals surface area contributed by atoms with Crippen LogP contribution in [0.25, 0.3) is 0 Å². The molecule has 0 aliphatic rings. The topological polar surface area (TPSA) is 59.4 Å². The summed E-state index contributed by atoms with van der Waals surface area (Å²) in [5, 5.41) is 10.7. The van der Waals surface area contributed by atoms with Crippen LogP contribution in [-0.4, -0.2) is 22.7 Å². The Morgan fingerprint density at radius 2 is 2.05 bits per heavy atom. The fraction of sp³-hybridized carbons (Fsp3) is 0.176. The first kappa shape index (κ1) is 16.2. The van der Waals surface area contributed by atoms with Crippen LogP contribution in [0.1, 0.15) is 17.2 Å². The Labute approximate surface area is 134 Å². The van der Waals surface area contributed by atoms with Crippen molar-refractivity contribution in [2.24, 2.45) is 0 Å². The van der Waals surface area contributed by atoms with E-state index in [-0.39, 0.29) is 12.2 Å². The van der Waals surface area contributed by atoms with Crippen molar-refractivity contribution in [1.82, 2.24) is 4.98 Å². The average molecular weight is 318 g/mol. The second-order valence-corrected chi connectivity index (χ2v) is 5.16. The number of hydrogen-bond donors (Lipinski definition) is 1. The molecule has 22 heavy (non-hydrogen) atoms. The van der Waals surface area contributed by atoms with Gasteiger partial charge in [0, 0.05) is 29.4 Å². The first-order chi connectivity index (χ1) is 10.6. The minimum absolute atomic E-state index is 0.0101. The van der Waals surface area contributed by atoms with Crippen LogP contribution in [0, 0.1) is 0 Å². The minimum atomic E-state index is -1.11. The van der Waals surface area contributed by atoms with Crippen molar-refractivity contribution in [3.63, 3.8) is 0 Å². The van der Waals surface area contributed by atoms with E-state index in [1.807, 2.05) is 12.1 Å². The smallest absolute Gasteiger partial charge is 0.336 e. The van der Waals surface area contributed by atoms with Gasteiger partial charge in [-0.1, -0.05) is 36.4 Å². The zero-order chi connectivity index (χ0) is 15.9. The lowest BCUT2D eigenvalue weighted by atomic mass is 10.1. The van der Waals surface area contributed by atoms with Crippen molar-refractivity contribution >= 4 is 17.6 Å². The van der Waals surface area contributed by atoms with Crippen molar-refractivity contribution in [2.75, 3.05) is 6.61 Å². The number of benzene rings is 1. The number of halogens is 1. The molecule has 0 spiro atoms. The van der Waals surface area contributed by atoms with Gasteiger partial charge in [-0.05, 0) is 23.8 Å². The molecule has 0 radical (unpaired) electrons. The van der Waals surface area contributed by atoms with Gasteiger partial charge in [0.1, 0.15) is 6.10 Å². The highest BCUT2D eigenvalue weighted by atomic mass is 35.5. The number of esters is 1. The number of nitrogens with zero attached hydrogens (tertiary/aromatic N) is 1. The number of carbonyl (C=O) groups excluding carboxylic acids is 1. The maximum absolute atomic E-state index is 11.9. The third-order valence-corrected chi connectivity index (χ3v) is 3.38. The number of aliphatic hydroxyl groups is 1. The first-order valence-corrected chi connectivity index (χ1v) is 7.14. The Hall–Kier alpha value is -2.17. The SMILES string of the molecule is C=C(C(=O)OCCc1ccc(Cl)cc1)C(O)c1cccnc1. The van der Waals surface area contributed by atoms with Gasteiger partial charge in [-0.2, -0.15) is 0 Å². The fourth-order valence-electron chi connectivity index (χ4n) is 1.86. The lowest BCUT2D eigenvalue weighted by Crippen LogP contribution is -2.15. The van der Waals surface area contributed by atoms with Crippen molar-refractivity contribution in [2.45, 2.75) is 12.5 Å². The quantitative estimate of drug-likeness (QED) is 0.657. The summed E-state index contributed by atoms with van der Waals surface area (Å²) >= 11 is 5.80. The zero-order valence-electron chi connectivity index (χ0n) is 11.9. The van der Waals surface area contributed by atoms with Crippen LogP contribution >= 0.6 is 11.6 Å². The first-order valence-electron chi connectivity index (χ1n) is 6.76. The molecule has 0 amide bonds. The summed E-state index contributed by atoms with van der Waals surface area (Å²) in [5.41, 5.74) is 1.50. The molecule has 5 heteroatoms. The van der Waals surface area contributed by atoms with Gasteiger partial charge in [0.25, 0.3) is 0 Å². The lowest BCUT2D eigenvalue weighted by Gasteiger charge is -2.13. The van der Waals surface area contributed by atoms with E-state index in [4.69, 9.17) is 16.3 Å². The highest BCUT2D eigenvalue weighted by molar-refractivity contribution is 6.30. The second-order valence-electron chi connectivity index (χ2n) is 4.73. The highest BCUT2D eigenvalue weighted by Gasteiger charge is 2.19. The summed E-state index contributed by atoms with van der Waals surface area (Å²) in [4.78, 5) is 15.8. The standard InChI is InChI=1S/C17H16ClNO3/c1-12(16(20)14-3-2-9-19-11-14)17(21)22-10-8-13-4-6-15(18)7-5-13/h2-7,9,11,16,20H,1,8,10H2. The molecule has 1 N–H and O–H groups in total. The van der Waals surface area contributed by atoms with E-state index in [1.165, 1.54) is 6.20 Å². The average Bonchev–Trinajstić information content (AvgIpc) is 2.56. The van der Waals surface area contributed by atoms with Crippen molar-refractivity contribution in [3.05, 3.63) is 77.1 Å².